The van der Waals surface area contributed by atoms with Crippen LogP contribution in [0.25, 0.3) is 221 Å². The molecule has 0 fully saturated rings. The van der Waals surface area contributed by atoms with Crippen molar-refractivity contribution in [1.29, 1.82) is 0 Å². The van der Waals surface area contributed by atoms with Crippen LogP contribution in [-0.2, 0) is 0 Å². The molecule has 16 aromatic carbocycles. The van der Waals surface area contributed by atoms with E-state index in [1.54, 1.807) is 0 Å². The molecule has 0 bridgehead atoms. The number of hydrogen-bond donors (Lipinski definition) is 0. The molecule has 5 nitrogen and oxygen atoms in total. The van der Waals surface area contributed by atoms with E-state index in [2.05, 4.69) is 359 Å². The van der Waals surface area contributed by atoms with Crippen LogP contribution in [0.1, 0.15) is 0 Å². The van der Waals surface area contributed by atoms with Crippen LogP contribution in [0.2, 0.25) is 0 Å². The summed E-state index contributed by atoms with van der Waals surface area (Å²) in [5.41, 5.74) is 23.2. The molecule has 492 valence electrons. The fourth-order valence-corrected chi connectivity index (χ4v) is 20.4. The molecular formula is C98H57N5S3. The molecule has 8 heteroatoms. The maximum Gasteiger partial charge on any atom is 0.160 e. The Balaban J connectivity index is 0.653. The van der Waals surface area contributed by atoms with Crippen LogP contribution in [0.5, 0.6) is 0 Å². The lowest BCUT2D eigenvalue weighted by Gasteiger charge is -2.14. The molecule has 0 aliphatic heterocycles. The third-order valence-corrected chi connectivity index (χ3v) is 25.5. The quantitative estimate of drug-likeness (QED) is 0.144. The molecule has 0 unspecified atom stereocenters. The van der Waals surface area contributed by atoms with Crippen molar-refractivity contribution in [3.05, 3.63) is 346 Å². The molecule has 0 spiro atoms. The minimum atomic E-state index is 0.659. The first-order chi connectivity index (χ1) is 52.5. The molecule has 0 saturated heterocycles. The second-order valence-electron chi connectivity index (χ2n) is 28.0. The van der Waals surface area contributed by atoms with Gasteiger partial charge in [0.1, 0.15) is 0 Å². The highest BCUT2D eigenvalue weighted by molar-refractivity contribution is 7.26. The van der Waals surface area contributed by atoms with Gasteiger partial charge in [-0.3, -0.25) is 0 Å². The van der Waals surface area contributed by atoms with Crippen LogP contribution in [0, 0.1) is 0 Å². The molecule has 23 rings (SSSR count). The first kappa shape index (κ1) is 59.4. The van der Waals surface area contributed by atoms with Gasteiger partial charge in [0, 0.05) is 126 Å². The SMILES string of the molecule is c1cc(-c2ccc3nc(-c4ccc(-n5c6ccccc6c6ccc(-c7ccc8c(c7)sc7ccccc78)cc65)cc4)nc(-c4ccc(-n5c6ccccc6c6ccc(-c7ccc8c(c7)sc7ccccc78)cc65)cc4)c3c2)cc(-n2c3ccccc3c3ccc(-c4ccc5c(c4)sc4ccccc45)cc32)c1. The van der Waals surface area contributed by atoms with Crippen molar-refractivity contribution in [3.8, 4) is 84.2 Å². The summed E-state index contributed by atoms with van der Waals surface area (Å²) in [5, 5.41) is 16.1. The zero-order chi connectivity index (χ0) is 69.2. The Morgan fingerprint density at radius 2 is 0.500 bits per heavy atom. The molecule has 23 aromatic rings. The number of benzene rings is 16. The highest BCUT2D eigenvalue weighted by atomic mass is 32.1. The minimum absolute atomic E-state index is 0.659. The smallest absolute Gasteiger partial charge is 0.160 e. The first-order valence-electron chi connectivity index (χ1n) is 36.0. The number of thiophene rings is 3. The van der Waals surface area contributed by atoms with Gasteiger partial charge < -0.3 is 13.7 Å². The Bertz CT molecular complexity index is 7650. The number of fused-ring (bicyclic) bond motifs is 19. The lowest BCUT2D eigenvalue weighted by atomic mass is 9.99. The maximum atomic E-state index is 5.68. The molecule has 0 aliphatic rings. The molecule has 106 heavy (non-hydrogen) atoms. The Labute approximate surface area is 619 Å². The Morgan fingerprint density at radius 1 is 0.179 bits per heavy atom. The summed E-state index contributed by atoms with van der Waals surface area (Å²) in [5.74, 6) is 0.659. The Hall–Kier alpha value is -13.1. The van der Waals surface area contributed by atoms with Gasteiger partial charge in [0.15, 0.2) is 5.82 Å². The molecule has 0 saturated carbocycles. The van der Waals surface area contributed by atoms with Gasteiger partial charge in [0.25, 0.3) is 0 Å². The summed E-state index contributed by atoms with van der Waals surface area (Å²) >= 11 is 5.59. The van der Waals surface area contributed by atoms with E-state index in [0.29, 0.717) is 5.82 Å². The van der Waals surface area contributed by atoms with E-state index in [9.17, 15) is 0 Å². The largest absolute Gasteiger partial charge is 0.309 e. The molecule has 0 atom stereocenters. The topological polar surface area (TPSA) is 40.6 Å². The van der Waals surface area contributed by atoms with E-state index in [-0.39, 0.29) is 0 Å². The van der Waals surface area contributed by atoms with Crippen LogP contribution in [0.4, 0.5) is 0 Å². The van der Waals surface area contributed by atoms with Gasteiger partial charge in [-0.25, -0.2) is 9.97 Å². The van der Waals surface area contributed by atoms with Gasteiger partial charge in [-0.2, -0.15) is 0 Å². The van der Waals surface area contributed by atoms with Crippen molar-refractivity contribution in [2.45, 2.75) is 0 Å². The van der Waals surface area contributed by atoms with Crippen LogP contribution in [0.3, 0.4) is 0 Å². The van der Waals surface area contributed by atoms with Crippen LogP contribution >= 0.6 is 34.0 Å². The van der Waals surface area contributed by atoms with E-state index < -0.39 is 0 Å². The third kappa shape index (κ3) is 9.25. The van der Waals surface area contributed by atoms with Gasteiger partial charge in [0.05, 0.1) is 44.3 Å². The van der Waals surface area contributed by atoms with Gasteiger partial charge in [-0.1, -0.05) is 212 Å². The molecule has 7 aromatic heterocycles. The molecule has 0 aliphatic carbocycles. The Morgan fingerprint density at radius 3 is 0.943 bits per heavy atom. The number of aromatic nitrogens is 5. The molecule has 0 N–H and O–H groups in total. The van der Waals surface area contributed by atoms with Crippen molar-refractivity contribution in [1.82, 2.24) is 23.7 Å². The van der Waals surface area contributed by atoms with Crippen molar-refractivity contribution in [2.75, 3.05) is 0 Å². The predicted octanol–water partition coefficient (Wildman–Crippen LogP) is 28.0. The highest BCUT2D eigenvalue weighted by Gasteiger charge is 2.22. The Kier molecular flexibility index (Phi) is 13.0. The van der Waals surface area contributed by atoms with E-state index in [0.717, 1.165) is 89.0 Å². The normalized spacial score (nSPS) is 12.2. The number of para-hydroxylation sites is 3. The highest BCUT2D eigenvalue weighted by Crippen LogP contribution is 2.45. The van der Waals surface area contributed by atoms with E-state index in [4.69, 9.17) is 9.97 Å². The van der Waals surface area contributed by atoms with E-state index >= 15 is 0 Å². The molecular weight excluding hydrogens is 1340 g/mol. The van der Waals surface area contributed by atoms with Crippen LogP contribution < -0.4 is 0 Å². The fourth-order valence-electron chi connectivity index (χ4n) is 17.0. The zero-order valence-electron chi connectivity index (χ0n) is 56.9. The van der Waals surface area contributed by atoms with Crippen molar-refractivity contribution >= 4 is 171 Å². The van der Waals surface area contributed by atoms with Gasteiger partial charge in [0.2, 0.25) is 0 Å². The fraction of sp³-hybridized carbons (Fsp3) is 0. The van der Waals surface area contributed by atoms with Crippen LogP contribution in [0.15, 0.2) is 346 Å². The lowest BCUT2D eigenvalue weighted by molar-refractivity contribution is 1.17. The summed E-state index contributed by atoms with van der Waals surface area (Å²) in [6.07, 6.45) is 0. The average Bonchev–Trinajstić information content (AvgIpc) is 1.63. The monoisotopic (exact) mass is 1400 g/mol. The summed E-state index contributed by atoms with van der Waals surface area (Å²) < 4.78 is 15.1. The van der Waals surface area contributed by atoms with Crippen LogP contribution in [-0.4, -0.2) is 23.7 Å². The lowest BCUT2D eigenvalue weighted by Crippen LogP contribution is -1.98. The van der Waals surface area contributed by atoms with Gasteiger partial charge in [-0.15, -0.1) is 34.0 Å². The standard InChI is InChI=1S/C98H57N5S3/c1-7-22-85-71(16-1)74-43-32-62(65-35-46-80-77-19-4-10-25-91(77)104-94(80)55-65)52-88(74)101(85)68-39-28-58(29-40-68)97-83-51-61(60-14-13-15-70(50-60)103-87-24-9-3-18-73(87)76-45-34-64(54-90(76)103)67-37-48-82-79-21-6-12-27-93(79)106-96(82)57-67)38-49-84(83)99-98(100-97)59-30-41-69(42-31-59)102-86-23-8-2-17-72(86)75-44-33-63(53-89(75)102)66-36-47-81-78-20-5-11-26-92(78)105-95(81)56-66/h1-57H. The summed E-state index contributed by atoms with van der Waals surface area (Å²) in [7, 11) is 0. The number of hydrogen-bond acceptors (Lipinski definition) is 5. The van der Waals surface area contributed by atoms with E-state index in [1.165, 1.54) is 126 Å². The first-order valence-corrected chi connectivity index (χ1v) is 38.4. The second-order valence-corrected chi connectivity index (χ2v) is 31.2. The molecule has 0 radical (unpaired) electrons. The zero-order valence-corrected chi connectivity index (χ0v) is 59.3. The van der Waals surface area contributed by atoms with E-state index in [1.807, 2.05) is 34.0 Å². The number of nitrogens with zero attached hydrogens (tertiary/aromatic N) is 5. The number of rotatable bonds is 9. The minimum Gasteiger partial charge on any atom is -0.309 e. The molecule has 0 amide bonds. The third-order valence-electron chi connectivity index (χ3n) is 22.1. The second kappa shape index (κ2) is 23.2. The van der Waals surface area contributed by atoms with Gasteiger partial charge >= 0.3 is 0 Å². The summed E-state index contributed by atoms with van der Waals surface area (Å²) in [4.78, 5) is 11.2. The molecule has 7 heterocycles. The van der Waals surface area contributed by atoms with Crippen molar-refractivity contribution < 1.29 is 0 Å². The van der Waals surface area contributed by atoms with Crippen molar-refractivity contribution in [2.24, 2.45) is 0 Å². The summed E-state index contributed by atoms with van der Waals surface area (Å²) in [6.45, 7) is 0. The maximum absolute atomic E-state index is 5.68. The average molecular weight is 1400 g/mol. The summed E-state index contributed by atoms with van der Waals surface area (Å²) in [6, 6.07) is 128. The van der Waals surface area contributed by atoms with Crippen molar-refractivity contribution in [3.63, 3.8) is 0 Å². The predicted molar refractivity (Wildman–Crippen MR) is 454 cm³/mol. The van der Waals surface area contributed by atoms with Gasteiger partial charge in [-0.05, 0) is 178 Å².